The quantitative estimate of drug-likeness (QED) is 0.238. The second kappa shape index (κ2) is 9.78. The zero-order valence-electron chi connectivity index (χ0n) is 18.9. The third kappa shape index (κ3) is 4.85. The molecule has 166 valence electrons. The fraction of sp³-hybridized carbons (Fsp3) is 0.207. The number of para-hydroxylation sites is 2. The van der Waals surface area contributed by atoms with Crippen molar-refractivity contribution in [3.8, 4) is 11.5 Å². The Morgan fingerprint density at radius 3 is 2.36 bits per heavy atom. The molecule has 0 unspecified atom stereocenters. The molecular weight excluding hydrogens is 408 g/mol. The fourth-order valence-electron chi connectivity index (χ4n) is 4.12. The van der Waals surface area contributed by atoms with Gasteiger partial charge in [0, 0.05) is 6.54 Å². The summed E-state index contributed by atoms with van der Waals surface area (Å²) in [5.74, 6) is 2.70. The first-order valence-electron chi connectivity index (χ1n) is 11.6. The van der Waals surface area contributed by atoms with Gasteiger partial charge in [-0.05, 0) is 65.6 Å². The van der Waals surface area contributed by atoms with Crippen LogP contribution in [0.3, 0.4) is 0 Å². The largest absolute Gasteiger partial charge is 0.494 e. The number of hydrogen-bond donors (Lipinski definition) is 0. The Balaban J connectivity index is 1.25. The molecule has 5 aromatic rings. The van der Waals surface area contributed by atoms with Crippen molar-refractivity contribution >= 4 is 21.8 Å². The lowest BCUT2D eigenvalue weighted by molar-refractivity contribution is 0.280. The highest BCUT2D eigenvalue weighted by molar-refractivity contribution is 5.83. The van der Waals surface area contributed by atoms with Gasteiger partial charge >= 0.3 is 0 Å². The number of benzene rings is 4. The Hall–Kier alpha value is -3.79. The molecule has 0 saturated heterocycles. The van der Waals surface area contributed by atoms with E-state index < -0.39 is 0 Å². The molecule has 0 radical (unpaired) electrons. The zero-order valence-corrected chi connectivity index (χ0v) is 18.9. The molecular formula is C29H28N2O2. The van der Waals surface area contributed by atoms with Crippen LogP contribution >= 0.6 is 0 Å². The van der Waals surface area contributed by atoms with Gasteiger partial charge < -0.3 is 14.0 Å². The molecule has 0 fully saturated rings. The minimum absolute atomic E-state index is 0.436. The number of aryl methyl sites for hydroxylation is 2. The predicted molar refractivity (Wildman–Crippen MR) is 134 cm³/mol. The summed E-state index contributed by atoms with van der Waals surface area (Å²) in [6, 6.07) is 31.1. The Kier molecular flexibility index (Phi) is 6.25. The summed E-state index contributed by atoms with van der Waals surface area (Å²) in [5, 5.41) is 2.42. The minimum Gasteiger partial charge on any atom is -0.494 e. The van der Waals surface area contributed by atoms with Crippen LogP contribution in [0.2, 0.25) is 0 Å². The van der Waals surface area contributed by atoms with Gasteiger partial charge in [0.05, 0.1) is 17.6 Å². The summed E-state index contributed by atoms with van der Waals surface area (Å²) in [7, 11) is 0. The zero-order chi connectivity index (χ0) is 22.5. The van der Waals surface area contributed by atoms with Gasteiger partial charge in [-0.25, -0.2) is 4.98 Å². The summed E-state index contributed by atoms with van der Waals surface area (Å²) >= 11 is 0. The number of nitrogens with zero attached hydrogens (tertiary/aromatic N) is 2. The van der Waals surface area contributed by atoms with Gasteiger partial charge in [0.15, 0.2) is 0 Å². The first-order chi connectivity index (χ1) is 16.3. The van der Waals surface area contributed by atoms with Gasteiger partial charge in [-0.2, -0.15) is 0 Å². The van der Waals surface area contributed by atoms with Crippen molar-refractivity contribution in [3.05, 3.63) is 102 Å². The maximum Gasteiger partial charge on any atom is 0.147 e. The Bertz CT molecular complexity index is 1360. The Labute approximate surface area is 194 Å². The predicted octanol–water partition coefficient (Wildman–Crippen LogP) is 6.80. The van der Waals surface area contributed by atoms with E-state index in [1.807, 2.05) is 24.3 Å². The van der Waals surface area contributed by atoms with E-state index in [1.54, 1.807) is 0 Å². The summed E-state index contributed by atoms with van der Waals surface area (Å²) in [5.41, 5.74) is 3.43. The molecule has 0 bridgehead atoms. The molecule has 1 heterocycles. The molecule has 0 aliphatic heterocycles. The van der Waals surface area contributed by atoms with Crippen molar-refractivity contribution in [1.29, 1.82) is 0 Å². The van der Waals surface area contributed by atoms with Gasteiger partial charge in [0.2, 0.25) is 0 Å². The number of ether oxygens (including phenoxy) is 2. The van der Waals surface area contributed by atoms with Crippen molar-refractivity contribution < 1.29 is 9.47 Å². The van der Waals surface area contributed by atoms with Crippen LogP contribution in [0.4, 0.5) is 0 Å². The smallest absolute Gasteiger partial charge is 0.147 e. The summed E-state index contributed by atoms with van der Waals surface area (Å²) in [6.45, 7) is 4.05. The van der Waals surface area contributed by atoms with Crippen molar-refractivity contribution in [1.82, 2.24) is 9.55 Å². The maximum atomic E-state index is 6.06. The van der Waals surface area contributed by atoms with Crippen molar-refractivity contribution in [2.45, 2.75) is 32.9 Å². The van der Waals surface area contributed by atoms with Crippen LogP contribution in [0.5, 0.6) is 11.5 Å². The van der Waals surface area contributed by atoms with Gasteiger partial charge in [-0.3, -0.25) is 0 Å². The third-order valence-corrected chi connectivity index (χ3v) is 5.95. The second-order valence-corrected chi connectivity index (χ2v) is 8.17. The van der Waals surface area contributed by atoms with Gasteiger partial charge in [0.1, 0.15) is 23.9 Å². The molecule has 0 saturated carbocycles. The third-order valence-electron chi connectivity index (χ3n) is 5.95. The summed E-state index contributed by atoms with van der Waals surface area (Å²) < 4.78 is 14.4. The maximum absolute atomic E-state index is 6.06. The molecule has 4 heteroatoms. The van der Waals surface area contributed by atoms with E-state index in [0.29, 0.717) is 13.2 Å². The molecule has 4 nitrogen and oxygen atoms in total. The molecule has 0 aliphatic carbocycles. The average Bonchev–Trinajstić information content (AvgIpc) is 3.23. The molecule has 33 heavy (non-hydrogen) atoms. The lowest BCUT2D eigenvalue weighted by atomic mass is 10.1. The van der Waals surface area contributed by atoms with Crippen LogP contribution in [0.1, 0.15) is 24.7 Å². The van der Waals surface area contributed by atoms with E-state index in [9.17, 15) is 0 Å². The van der Waals surface area contributed by atoms with E-state index in [0.717, 1.165) is 47.7 Å². The molecule has 1 aromatic heterocycles. The number of rotatable bonds is 9. The normalized spacial score (nSPS) is 11.2. The highest BCUT2D eigenvalue weighted by atomic mass is 16.5. The average molecular weight is 437 g/mol. The molecule has 0 N–H and O–H groups in total. The van der Waals surface area contributed by atoms with Crippen LogP contribution in [0.15, 0.2) is 91.0 Å². The number of hydrogen-bond acceptors (Lipinski definition) is 3. The summed E-state index contributed by atoms with van der Waals surface area (Å²) in [6.07, 6.45) is 1.91. The van der Waals surface area contributed by atoms with Crippen LogP contribution < -0.4 is 9.47 Å². The van der Waals surface area contributed by atoms with Gasteiger partial charge in [-0.15, -0.1) is 0 Å². The standard InChI is InChI=1S/C29H28N2O2/c1-2-22-12-15-25(16-13-22)33-21-29-30-27-10-5-6-11-28(27)31(29)18-7-19-32-26-17-14-23-8-3-4-9-24(23)20-26/h3-6,8-17,20H,2,7,18-19,21H2,1H3. The molecule has 0 amide bonds. The highest BCUT2D eigenvalue weighted by Gasteiger charge is 2.11. The van der Waals surface area contributed by atoms with E-state index in [1.165, 1.54) is 16.3 Å². The minimum atomic E-state index is 0.436. The highest BCUT2D eigenvalue weighted by Crippen LogP contribution is 2.22. The second-order valence-electron chi connectivity index (χ2n) is 8.17. The van der Waals surface area contributed by atoms with Crippen molar-refractivity contribution in [2.75, 3.05) is 6.61 Å². The first-order valence-corrected chi connectivity index (χ1v) is 11.6. The van der Waals surface area contributed by atoms with Crippen LogP contribution in [-0.4, -0.2) is 16.2 Å². The Morgan fingerprint density at radius 2 is 1.52 bits per heavy atom. The van der Waals surface area contributed by atoms with Crippen LogP contribution in [0.25, 0.3) is 21.8 Å². The van der Waals surface area contributed by atoms with Crippen molar-refractivity contribution in [3.63, 3.8) is 0 Å². The lowest BCUT2D eigenvalue weighted by Gasteiger charge is -2.12. The lowest BCUT2D eigenvalue weighted by Crippen LogP contribution is -2.10. The van der Waals surface area contributed by atoms with Crippen molar-refractivity contribution in [2.24, 2.45) is 0 Å². The van der Waals surface area contributed by atoms with Gasteiger partial charge in [0.25, 0.3) is 0 Å². The number of aromatic nitrogens is 2. The first kappa shape index (κ1) is 21.1. The van der Waals surface area contributed by atoms with Crippen LogP contribution in [0, 0.1) is 0 Å². The van der Waals surface area contributed by atoms with E-state index in [-0.39, 0.29) is 0 Å². The van der Waals surface area contributed by atoms with Gasteiger partial charge in [-0.1, -0.05) is 61.5 Å². The molecule has 5 rings (SSSR count). The van der Waals surface area contributed by atoms with E-state index >= 15 is 0 Å². The topological polar surface area (TPSA) is 36.3 Å². The van der Waals surface area contributed by atoms with Crippen LogP contribution in [-0.2, 0) is 19.6 Å². The molecule has 0 spiro atoms. The Morgan fingerprint density at radius 1 is 0.758 bits per heavy atom. The van der Waals surface area contributed by atoms with E-state index in [4.69, 9.17) is 14.5 Å². The molecule has 0 aliphatic rings. The molecule has 4 aromatic carbocycles. The SMILES string of the molecule is CCc1ccc(OCc2nc3ccccc3n2CCCOc2ccc3ccccc3c2)cc1. The fourth-order valence-corrected chi connectivity index (χ4v) is 4.12. The summed E-state index contributed by atoms with van der Waals surface area (Å²) in [4.78, 5) is 4.83. The number of fused-ring (bicyclic) bond motifs is 2. The number of imidazole rings is 1. The monoisotopic (exact) mass is 436 g/mol. The van der Waals surface area contributed by atoms with E-state index in [2.05, 4.69) is 78.2 Å². The molecule has 0 atom stereocenters.